The fraction of sp³-hybridized carbons (Fsp3) is 0.480. The molecular formula is C25H33N4O8P. The maximum Gasteiger partial charge on any atom is 0.380 e. The zero-order chi connectivity index (χ0) is 28.1. The predicted molar refractivity (Wildman–Crippen MR) is 139 cm³/mol. The molecule has 1 aromatic carbocycles. The van der Waals surface area contributed by atoms with E-state index in [4.69, 9.17) is 30.0 Å². The van der Waals surface area contributed by atoms with Gasteiger partial charge in [0.1, 0.15) is 23.8 Å². The standard InChI is InChI=1S/C25H33N4O8P/c1-5-12-25(27)21(30)19(36-23(25)29-13-11-20(26)28-24(29)32)14-34-38(33,37-18-9-7-6-8-10-18)15-17(4)22(31)35-16(2)3/h6-11,13,16-17,19,21,23,30H,14-15,27H2,1-4H3,(H2,26,28,32)/t17-,19-,21+,23-,25?,38+/m1/s1. The average molecular weight is 549 g/mol. The van der Waals surface area contributed by atoms with Crippen LogP contribution in [0.4, 0.5) is 5.82 Å². The Morgan fingerprint density at radius 2 is 1.97 bits per heavy atom. The minimum absolute atomic E-state index is 0.00186. The van der Waals surface area contributed by atoms with Crippen molar-refractivity contribution in [1.82, 2.24) is 9.55 Å². The normalized spacial score (nSPS) is 25.2. The molecule has 5 N–H and O–H groups in total. The summed E-state index contributed by atoms with van der Waals surface area (Å²) < 4.78 is 37.5. The number of carbonyl (C=O) groups is 1. The van der Waals surface area contributed by atoms with Gasteiger partial charge in [-0.3, -0.25) is 13.9 Å². The van der Waals surface area contributed by atoms with E-state index in [-0.39, 0.29) is 23.8 Å². The van der Waals surface area contributed by atoms with Crippen molar-refractivity contribution in [3.63, 3.8) is 0 Å². The highest BCUT2D eigenvalue weighted by Crippen LogP contribution is 2.51. The molecule has 6 atom stereocenters. The molecule has 38 heavy (non-hydrogen) atoms. The molecule has 1 unspecified atom stereocenters. The Hall–Kier alpha value is -3.20. The van der Waals surface area contributed by atoms with Crippen LogP contribution in [-0.2, 0) is 23.4 Å². The highest BCUT2D eigenvalue weighted by molar-refractivity contribution is 7.54. The monoisotopic (exact) mass is 548 g/mol. The lowest BCUT2D eigenvalue weighted by atomic mass is 9.91. The van der Waals surface area contributed by atoms with Crippen LogP contribution in [0.3, 0.4) is 0 Å². The van der Waals surface area contributed by atoms with Crippen molar-refractivity contribution >= 4 is 19.4 Å². The Labute approximate surface area is 220 Å². The van der Waals surface area contributed by atoms with Crippen molar-refractivity contribution in [3.05, 3.63) is 53.1 Å². The number of hydrogen-bond acceptors (Lipinski definition) is 11. The summed E-state index contributed by atoms with van der Waals surface area (Å²) in [4.78, 5) is 28.6. The number of rotatable bonds is 10. The molecule has 1 aliphatic heterocycles. The number of anilines is 1. The quantitative estimate of drug-likeness (QED) is 0.223. The molecule has 3 rings (SSSR count). The highest BCUT2D eigenvalue weighted by atomic mass is 31.2. The number of aliphatic hydroxyl groups is 1. The second kappa shape index (κ2) is 12.1. The number of benzene rings is 1. The van der Waals surface area contributed by atoms with Gasteiger partial charge in [-0.25, -0.2) is 9.36 Å². The molecule has 0 amide bonds. The molecule has 1 fully saturated rings. The number of ether oxygens (including phenoxy) is 2. The molecule has 1 aliphatic rings. The van der Waals surface area contributed by atoms with Crippen LogP contribution in [0.1, 0.15) is 33.9 Å². The second-order valence-corrected chi connectivity index (χ2v) is 11.2. The first kappa shape index (κ1) is 29.4. The van der Waals surface area contributed by atoms with Gasteiger partial charge in [0, 0.05) is 6.20 Å². The molecule has 0 spiro atoms. The number of esters is 1. The molecule has 206 valence electrons. The van der Waals surface area contributed by atoms with E-state index in [1.54, 1.807) is 51.1 Å². The first-order valence-electron chi connectivity index (χ1n) is 12.0. The smallest absolute Gasteiger partial charge is 0.380 e. The lowest BCUT2D eigenvalue weighted by molar-refractivity contribution is -0.151. The molecule has 0 bridgehead atoms. The molecule has 13 heteroatoms. The number of nitrogens with two attached hydrogens (primary N) is 2. The average Bonchev–Trinajstić information content (AvgIpc) is 3.08. The first-order chi connectivity index (χ1) is 17.9. The van der Waals surface area contributed by atoms with Gasteiger partial charge in [0.15, 0.2) is 11.8 Å². The number of nitrogens with zero attached hydrogens (tertiary/aromatic N) is 2. The van der Waals surface area contributed by atoms with Crippen LogP contribution in [0.25, 0.3) is 0 Å². The number of nitrogen functional groups attached to an aromatic ring is 1. The second-order valence-electron chi connectivity index (χ2n) is 9.20. The maximum absolute atomic E-state index is 13.8. The highest BCUT2D eigenvalue weighted by Gasteiger charge is 2.55. The third kappa shape index (κ3) is 6.81. The van der Waals surface area contributed by atoms with Crippen LogP contribution in [-0.4, -0.2) is 57.2 Å². The van der Waals surface area contributed by atoms with Gasteiger partial charge in [0.25, 0.3) is 0 Å². The molecule has 2 heterocycles. The van der Waals surface area contributed by atoms with Crippen LogP contribution >= 0.6 is 7.60 Å². The zero-order valence-electron chi connectivity index (χ0n) is 21.6. The molecule has 12 nitrogen and oxygen atoms in total. The van der Waals surface area contributed by atoms with E-state index < -0.39 is 55.8 Å². The van der Waals surface area contributed by atoms with Crippen LogP contribution in [0.15, 0.2) is 47.4 Å². The third-order valence-corrected chi connectivity index (χ3v) is 7.70. The summed E-state index contributed by atoms with van der Waals surface area (Å²) in [6.45, 7) is 6.03. The lowest BCUT2D eigenvalue weighted by Crippen LogP contribution is -2.55. The van der Waals surface area contributed by atoms with Crippen LogP contribution in [0.5, 0.6) is 5.75 Å². The molecule has 1 aromatic heterocycles. The number of carbonyl (C=O) groups excluding carboxylic acids is 1. The van der Waals surface area contributed by atoms with E-state index in [9.17, 15) is 19.3 Å². The van der Waals surface area contributed by atoms with Crippen LogP contribution in [0.2, 0.25) is 0 Å². The van der Waals surface area contributed by atoms with Crippen molar-refractivity contribution in [2.24, 2.45) is 11.7 Å². The van der Waals surface area contributed by atoms with E-state index >= 15 is 0 Å². The van der Waals surface area contributed by atoms with Gasteiger partial charge in [-0.2, -0.15) is 4.98 Å². The lowest BCUT2D eigenvalue weighted by Gasteiger charge is -2.28. The molecule has 0 aliphatic carbocycles. The Balaban J connectivity index is 1.86. The van der Waals surface area contributed by atoms with Crippen molar-refractivity contribution in [1.29, 1.82) is 0 Å². The van der Waals surface area contributed by atoms with E-state index in [0.29, 0.717) is 0 Å². The van der Waals surface area contributed by atoms with Crippen molar-refractivity contribution < 1.29 is 33.0 Å². The molecule has 1 saturated heterocycles. The number of hydrogen-bond donors (Lipinski definition) is 3. The summed E-state index contributed by atoms with van der Waals surface area (Å²) in [6, 6.07) is 9.69. The van der Waals surface area contributed by atoms with Crippen LogP contribution < -0.4 is 21.7 Å². The summed E-state index contributed by atoms with van der Waals surface area (Å²) in [7, 11) is -4.00. The number of para-hydroxylation sites is 1. The fourth-order valence-corrected chi connectivity index (χ4v) is 5.76. The summed E-state index contributed by atoms with van der Waals surface area (Å²) in [5.74, 6) is 4.22. The number of aromatic nitrogens is 2. The molecular weight excluding hydrogens is 515 g/mol. The van der Waals surface area contributed by atoms with Gasteiger partial charge >= 0.3 is 19.3 Å². The summed E-state index contributed by atoms with van der Waals surface area (Å²) in [6.07, 6.45) is -3.21. The third-order valence-electron chi connectivity index (χ3n) is 5.67. The topological polar surface area (TPSA) is 178 Å². The Bertz CT molecular complexity index is 1290. The van der Waals surface area contributed by atoms with Gasteiger partial charge in [-0.05, 0) is 39.0 Å². The number of aliphatic hydroxyl groups excluding tert-OH is 1. The van der Waals surface area contributed by atoms with Gasteiger partial charge in [-0.15, -0.1) is 5.92 Å². The van der Waals surface area contributed by atoms with Crippen molar-refractivity contribution in [2.75, 3.05) is 18.5 Å². The van der Waals surface area contributed by atoms with E-state index in [2.05, 4.69) is 16.8 Å². The fourth-order valence-electron chi connectivity index (χ4n) is 3.89. The van der Waals surface area contributed by atoms with Gasteiger partial charge in [0.05, 0.1) is 24.8 Å². The van der Waals surface area contributed by atoms with Gasteiger partial charge in [0.2, 0.25) is 0 Å². The minimum Gasteiger partial charge on any atom is -0.463 e. The summed E-state index contributed by atoms with van der Waals surface area (Å²) in [5.41, 5.74) is 9.52. The Morgan fingerprint density at radius 1 is 1.29 bits per heavy atom. The largest absolute Gasteiger partial charge is 0.463 e. The van der Waals surface area contributed by atoms with E-state index in [0.717, 1.165) is 4.57 Å². The first-order valence-corrected chi connectivity index (χ1v) is 13.7. The van der Waals surface area contributed by atoms with Crippen LogP contribution in [0, 0.1) is 17.8 Å². The zero-order valence-corrected chi connectivity index (χ0v) is 22.5. The minimum atomic E-state index is -4.00. The Kier molecular flexibility index (Phi) is 9.35. The van der Waals surface area contributed by atoms with E-state index in [1.165, 1.54) is 19.2 Å². The van der Waals surface area contributed by atoms with Crippen molar-refractivity contribution in [2.45, 2.75) is 57.8 Å². The van der Waals surface area contributed by atoms with Crippen molar-refractivity contribution in [3.8, 4) is 17.6 Å². The molecule has 2 aromatic rings. The molecule has 0 radical (unpaired) electrons. The SMILES string of the molecule is CC#CC1(N)[C@@H](O)[C@@H](CO[P@@](=O)(C[C@@H](C)C(=O)OC(C)C)Oc2ccccc2)O[C@H]1n1ccc(N)nc1=O. The maximum atomic E-state index is 13.8. The summed E-state index contributed by atoms with van der Waals surface area (Å²) >= 11 is 0. The predicted octanol–water partition coefficient (Wildman–Crippen LogP) is 1.68. The Morgan fingerprint density at radius 3 is 2.58 bits per heavy atom. The van der Waals surface area contributed by atoms with E-state index in [1.807, 2.05) is 0 Å². The van der Waals surface area contributed by atoms with Gasteiger partial charge < -0.3 is 30.6 Å². The molecule has 0 saturated carbocycles. The van der Waals surface area contributed by atoms with Gasteiger partial charge in [-0.1, -0.05) is 31.0 Å². The summed E-state index contributed by atoms with van der Waals surface area (Å²) in [5, 5.41) is 11.1.